The number of hydrogen-bond donors (Lipinski definition) is 1. The molecular weight excluding hydrogens is 328 g/mol. The molecule has 0 spiro atoms. The molecule has 5 heteroatoms. The van der Waals surface area contributed by atoms with Gasteiger partial charge in [0.05, 0.1) is 13.2 Å². The van der Waals surface area contributed by atoms with E-state index in [0.717, 1.165) is 49.0 Å². The van der Waals surface area contributed by atoms with Crippen LogP contribution in [0.25, 0.3) is 0 Å². The van der Waals surface area contributed by atoms with E-state index in [1.54, 1.807) is 0 Å². The molecular formula is C21H26N2O3. The normalized spacial score (nSPS) is 15.4. The highest BCUT2D eigenvalue weighted by atomic mass is 16.5. The molecule has 1 amide bonds. The van der Waals surface area contributed by atoms with Crippen LogP contribution in [0.5, 0.6) is 5.75 Å². The van der Waals surface area contributed by atoms with Crippen LogP contribution in [-0.4, -0.2) is 38.3 Å². The number of benzene rings is 2. The summed E-state index contributed by atoms with van der Waals surface area (Å²) in [5.74, 6) is 0.618. The van der Waals surface area contributed by atoms with Crippen molar-refractivity contribution in [3.63, 3.8) is 0 Å². The zero-order chi connectivity index (χ0) is 18.4. The van der Waals surface area contributed by atoms with Crippen LogP contribution in [0.3, 0.4) is 0 Å². The van der Waals surface area contributed by atoms with Crippen molar-refractivity contribution in [1.29, 1.82) is 0 Å². The summed E-state index contributed by atoms with van der Waals surface area (Å²) in [4.78, 5) is 14.9. The van der Waals surface area contributed by atoms with Gasteiger partial charge >= 0.3 is 0 Å². The highest BCUT2D eigenvalue weighted by molar-refractivity contribution is 5.94. The van der Waals surface area contributed by atoms with E-state index in [0.29, 0.717) is 6.42 Å². The van der Waals surface area contributed by atoms with Crippen molar-refractivity contribution in [3.05, 3.63) is 54.1 Å². The Balaban J connectivity index is 1.61. The Labute approximate surface area is 154 Å². The Bertz CT molecular complexity index is 724. The van der Waals surface area contributed by atoms with Crippen molar-refractivity contribution in [2.24, 2.45) is 0 Å². The third-order valence-electron chi connectivity index (χ3n) is 4.54. The smallest absolute Gasteiger partial charge is 0.265 e. The number of anilines is 2. The van der Waals surface area contributed by atoms with Crippen LogP contribution < -0.4 is 15.0 Å². The monoisotopic (exact) mass is 354 g/mol. The summed E-state index contributed by atoms with van der Waals surface area (Å²) in [5.41, 5.74) is 2.95. The zero-order valence-corrected chi connectivity index (χ0v) is 15.4. The lowest BCUT2D eigenvalue weighted by molar-refractivity contribution is -0.122. The SMILES string of the molecule is CCC(Oc1ccccc1C)C(=O)Nc1ccc(N2CCOCC2)cc1. The van der Waals surface area contributed by atoms with Gasteiger partial charge in [0.1, 0.15) is 5.75 Å². The molecule has 1 heterocycles. The maximum atomic E-state index is 12.6. The van der Waals surface area contributed by atoms with Crippen molar-refractivity contribution in [1.82, 2.24) is 0 Å². The highest BCUT2D eigenvalue weighted by Gasteiger charge is 2.19. The van der Waals surface area contributed by atoms with Crippen molar-refractivity contribution in [2.45, 2.75) is 26.4 Å². The number of morpholine rings is 1. The molecule has 26 heavy (non-hydrogen) atoms. The van der Waals surface area contributed by atoms with Crippen LogP contribution in [0.15, 0.2) is 48.5 Å². The molecule has 2 aromatic rings. The largest absolute Gasteiger partial charge is 0.480 e. The predicted molar refractivity (Wildman–Crippen MR) is 104 cm³/mol. The van der Waals surface area contributed by atoms with Crippen LogP contribution in [0.1, 0.15) is 18.9 Å². The van der Waals surface area contributed by atoms with E-state index in [2.05, 4.69) is 10.2 Å². The molecule has 0 aliphatic carbocycles. The minimum atomic E-state index is -0.519. The molecule has 0 radical (unpaired) electrons. The van der Waals surface area contributed by atoms with E-state index in [9.17, 15) is 4.79 Å². The summed E-state index contributed by atoms with van der Waals surface area (Å²) in [6, 6.07) is 15.7. The molecule has 1 fully saturated rings. The zero-order valence-electron chi connectivity index (χ0n) is 15.4. The number of carbonyl (C=O) groups is 1. The Morgan fingerprint density at radius 1 is 1.15 bits per heavy atom. The second kappa shape index (κ2) is 8.72. The van der Waals surface area contributed by atoms with Gasteiger partial charge in [0.15, 0.2) is 6.10 Å². The molecule has 0 saturated carbocycles. The minimum absolute atomic E-state index is 0.130. The van der Waals surface area contributed by atoms with E-state index >= 15 is 0 Å². The fourth-order valence-electron chi connectivity index (χ4n) is 2.96. The summed E-state index contributed by atoms with van der Waals surface area (Å²) in [6.07, 6.45) is 0.0847. The summed E-state index contributed by atoms with van der Waals surface area (Å²) in [7, 11) is 0. The van der Waals surface area contributed by atoms with Gasteiger partial charge in [-0.25, -0.2) is 0 Å². The number of nitrogens with zero attached hydrogens (tertiary/aromatic N) is 1. The fourth-order valence-corrected chi connectivity index (χ4v) is 2.96. The number of nitrogens with one attached hydrogen (secondary N) is 1. The first kappa shape index (κ1) is 18.3. The average Bonchev–Trinajstić information content (AvgIpc) is 2.68. The molecule has 1 atom stereocenters. The molecule has 1 N–H and O–H groups in total. The van der Waals surface area contributed by atoms with E-state index in [-0.39, 0.29) is 5.91 Å². The lowest BCUT2D eigenvalue weighted by atomic mass is 10.2. The maximum absolute atomic E-state index is 12.6. The van der Waals surface area contributed by atoms with Gasteiger partial charge in [-0.2, -0.15) is 0 Å². The van der Waals surface area contributed by atoms with Crippen LogP contribution in [-0.2, 0) is 9.53 Å². The number of para-hydroxylation sites is 1. The standard InChI is InChI=1S/C21H26N2O3/c1-3-19(26-20-7-5-4-6-16(20)2)21(24)22-17-8-10-18(11-9-17)23-12-14-25-15-13-23/h4-11,19H,3,12-15H2,1-2H3,(H,22,24). The molecule has 1 aliphatic rings. The molecule has 0 bridgehead atoms. The van der Waals surface area contributed by atoms with E-state index < -0.39 is 6.10 Å². The third-order valence-corrected chi connectivity index (χ3v) is 4.54. The lowest BCUT2D eigenvalue weighted by Gasteiger charge is -2.29. The summed E-state index contributed by atoms with van der Waals surface area (Å²) in [5, 5.41) is 2.96. The molecule has 1 unspecified atom stereocenters. The Morgan fingerprint density at radius 3 is 2.50 bits per heavy atom. The number of amides is 1. The minimum Gasteiger partial charge on any atom is -0.480 e. The average molecular weight is 354 g/mol. The van der Waals surface area contributed by atoms with Crippen molar-refractivity contribution in [2.75, 3.05) is 36.5 Å². The Morgan fingerprint density at radius 2 is 1.85 bits per heavy atom. The van der Waals surface area contributed by atoms with Crippen LogP contribution in [0.4, 0.5) is 11.4 Å². The summed E-state index contributed by atoms with van der Waals surface area (Å²) < 4.78 is 11.3. The van der Waals surface area contributed by atoms with E-state index in [4.69, 9.17) is 9.47 Å². The first-order valence-electron chi connectivity index (χ1n) is 9.13. The van der Waals surface area contributed by atoms with Gasteiger partial charge in [-0.15, -0.1) is 0 Å². The van der Waals surface area contributed by atoms with Gasteiger partial charge in [-0.05, 0) is 49.2 Å². The first-order valence-corrected chi connectivity index (χ1v) is 9.13. The number of rotatable bonds is 6. The molecule has 5 nitrogen and oxygen atoms in total. The number of carbonyl (C=O) groups excluding carboxylic acids is 1. The van der Waals surface area contributed by atoms with Crippen molar-refractivity contribution < 1.29 is 14.3 Å². The first-order chi connectivity index (χ1) is 12.7. The summed E-state index contributed by atoms with van der Waals surface area (Å²) in [6.45, 7) is 7.23. The molecule has 1 saturated heterocycles. The Hall–Kier alpha value is -2.53. The third kappa shape index (κ3) is 4.55. The van der Waals surface area contributed by atoms with Crippen LogP contribution >= 0.6 is 0 Å². The predicted octanol–water partition coefficient (Wildman–Crippen LogP) is 3.63. The second-order valence-corrected chi connectivity index (χ2v) is 6.42. The summed E-state index contributed by atoms with van der Waals surface area (Å²) >= 11 is 0. The fraction of sp³-hybridized carbons (Fsp3) is 0.381. The topological polar surface area (TPSA) is 50.8 Å². The molecule has 2 aromatic carbocycles. The van der Waals surface area contributed by atoms with Gasteiger partial charge < -0.3 is 19.7 Å². The van der Waals surface area contributed by atoms with Gasteiger partial charge in [-0.3, -0.25) is 4.79 Å². The number of ether oxygens (including phenoxy) is 2. The second-order valence-electron chi connectivity index (χ2n) is 6.42. The quantitative estimate of drug-likeness (QED) is 0.861. The van der Waals surface area contributed by atoms with Crippen molar-refractivity contribution >= 4 is 17.3 Å². The Kier molecular flexibility index (Phi) is 6.12. The molecule has 1 aliphatic heterocycles. The van der Waals surface area contributed by atoms with E-state index in [1.807, 2.05) is 62.4 Å². The highest BCUT2D eigenvalue weighted by Crippen LogP contribution is 2.21. The van der Waals surface area contributed by atoms with Gasteiger partial charge in [0.2, 0.25) is 0 Å². The van der Waals surface area contributed by atoms with Crippen LogP contribution in [0, 0.1) is 6.92 Å². The molecule has 0 aromatic heterocycles. The molecule has 3 rings (SSSR count). The van der Waals surface area contributed by atoms with Crippen LogP contribution in [0.2, 0.25) is 0 Å². The van der Waals surface area contributed by atoms with E-state index in [1.165, 1.54) is 0 Å². The number of aryl methyl sites for hydroxylation is 1. The maximum Gasteiger partial charge on any atom is 0.265 e. The van der Waals surface area contributed by atoms with Gasteiger partial charge in [0.25, 0.3) is 5.91 Å². The molecule has 138 valence electrons. The lowest BCUT2D eigenvalue weighted by Crippen LogP contribution is -2.36. The number of hydrogen-bond acceptors (Lipinski definition) is 4. The van der Waals surface area contributed by atoms with Crippen molar-refractivity contribution in [3.8, 4) is 5.75 Å². The van der Waals surface area contributed by atoms with Gasteiger partial charge in [0, 0.05) is 24.5 Å². The van der Waals surface area contributed by atoms with Gasteiger partial charge in [-0.1, -0.05) is 25.1 Å².